The van der Waals surface area contributed by atoms with Crippen molar-refractivity contribution in [3.05, 3.63) is 89.0 Å². The van der Waals surface area contributed by atoms with Crippen molar-refractivity contribution in [3.8, 4) is 5.75 Å². The number of amides is 1. The van der Waals surface area contributed by atoms with Crippen LogP contribution in [0.25, 0.3) is 16.0 Å². The lowest BCUT2D eigenvalue weighted by Crippen LogP contribution is -2.29. The van der Waals surface area contributed by atoms with Gasteiger partial charge >= 0.3 is 5.91 Å². The summed E-state index contributed by atoms with van der Waals surface area (Å²) in [5.74, 6) is -1.37. The molecule has 3 aromatic carbocycles. The van der Waals surface area contributed by atoms with E-state index in [0.29, 0.717) is 22.0 Å². The van der Waals surface area contributed by atoms with Gasteiger partial charge in [0.1, 0.15) is 11.5 Å². The molecule has 1 saturated heterocycles. The minimum absolute atomic E-state index is 0.000703. The third-order valence-corrected chi connectivity index (χ3v) is 7.30. The number of carbonyl (C=O) groups is 2. The van der Waals surface area contributed by atoms with E-state index >= 15 is 0 Å². The van der Waals surface area contributed by atoms with Crippen molar-refractivity contribution in [1.82, 2.24) is 4.98 Å². The van der Waals surface area contributed by atoms with Crippen LogP contribution in [0.5, 0.6) is 5.75 Å². The largest absolute Gasteiger partial charge is 0.507 e. The Morgan fingerprint density at radius 1 is 1.06 bits per heavy atom. The number of Topliss-reactive ketones (excluding diaryl/α,β-unsaturated/α-hetero) is 1. The molecule has 1 unspecified atom stereocenters. The quantitative estimate of drug-likeness (QED) is 0.228. The third kappa shape index (κ3) is 3.89. The van der Waals surface area contributed by atoms with Crippen LogP contribution < -0.4 is 14.5 Å². The van der Waals surface area contributed by atoms with E-state index in [1.165, 1.54) is 23.3 Å². The number of fused-ring (bicyclic) bond motifs is 1. The van der Waals surface area contributed by atoms with Crippen LogP contribution in [-0.4, -0.2) is 43.0 Å². The number of para-hydroxylation sites is 1. The first-order chi connectivity index (χ1) is 17.3. The molecule has 1 atom stereocenters. The molecular formula is C28H25N3O4S. The summed E-state index contributed by atoms with van der Waals surface area (Å²) in [5, 5.41) is 11.9. The van der Waals surface area contributed by atoms with Gasteiger partial charge in [0.15, 0.2) is 5.13 Å². The van der Waals surface area contributed by atoms with E-state index in [2.05, 4.69) is 4.98 Å². The Bertz CT molecular complexity index is 1490. The van der Waals surface area contributed by atoms with Crippen LogP contribution >= 0.6 is 11.3 Å². The summed E-state index contributed by atoms with van der Waals surface area (Å²) >= 11 is 1.33. The van der Waals surface area contributed by atoms with E-state index in [1.807, 2.05) is 80.5 Å². The standard InChI is InChI=1S/C28H25N3O4S/c1-16-9-14-21(35-4)19(15-16)25(32)23-24(17-10-12-18(13-11-17)30(2)3)31(27(34)26(23)33)28-29-20-7-5-6-8-22(20)36-28/h5-15,24,32H,1-4H3/b25-23+. The molecule has 1 amide bonds. The molecule has 8 heteroatoms. The van der Waals surface area contributed by atoms with E-state index < -0.39 is 17.7 Å². The van der Waals surface area contributed by atoms with Crippen molar-refractivity contribution < 1.29 is 19.4 Å². The van der Waals surface area contributed by atoms with Crippen LogP contribution in [0.1, 0.15) is 22.7 Å². The zero-order chi connectivity index (χ0) is 25.6. The molecule has 7 nitrogen and oxygen atoms in total. The number of aliphatic hydroxyl groups excluding tert-OH is 1. The van der Waals surface area contributed by atoms with Crippen LogP contribution in [0, 0.1) is 6.92 Å². The number of ether oxygens (including phenoxy) is 1. The van der Waals surface area contributed by atoms with Crippen molar-refractivity contribution in [3.63, 3.8) is 0 Å². The number of hydrogen-bond acceptors (Lipinski definition) is 7. The molecule has 0 aliphatic carbocycles. The molecule has 0 radical (unpaired) electrons. The maximum Gasteiger partial charge on any atom is 0.301 e. The van der Waals surface area contributed by atoms with Crippen molar-refractivity contribution in [1.29, 1.82) is 0 Å². The summed E-state index contributed by atoms with van der Waals surface area (Å²) in [5.41, 5.74) is 3.63. The Morgan fingerprint density at radius 2 is 1.78 bits per heavy atom. The van der Waals surface area contributed by atoms with Crippen molar-refractivity contribution in [2.45, 2.75) is 13.0 Å². The first-order valence-corrected chi connectivity index (χ1v) is 12.2. The molecule has 1 aliphatic rings. The number of aliphatic hydroxyl groups is 1. The summed E-state index contributed by atoms with van der Waals surface area (Å²) in [6, 6.07) is 19.6. The first-order valence-electron chi connectivity index (χ1n) is 11.4. The van der Waals surface area contributed by atoms with Gasteiger partial charge in [-0.25, -0.2) is 4.98 Å². The van der Waals surface area contributed by atoms with Crippen LogP contribution in [0.3, 0.4) is 0 Å². The van der Waals surface area contributed by atoms with Crippen LogP contribution in [0.15, 0.2) is 72.3 Å². The third-order valence-electron chi connectivity index (χ3n) is 6.27. The van der Waals surface area contributed by atoms with Gasteiger partial charge < -0.3 is 14.7 Å². The lowest BCUT2D eigenvalue weighted by Gasteiger charge is -2.24. The molecule has 182 valence electrons. The predicted octanol–water partition coefficient (Wildman–Crippen LogP) is 5.31. The SMILES string of the molecule is COc1ccc(C)cc1/C(O)=C1\C(=O)C(=O)N(c2nc3ccccc3s2)C1c1ccc(N(C)C)cc1. The lowest BCUT2D eigenvalue weighted by molar-refractivity contribution is -0.132. The van der Waals surface area contributed by atoms with Gasteiger partial charge in [-0.15, -0.1) is 0 Å². The highest BCUT2D eigenvalue weighted by Crippen LogP contribution is 2.45. The van der Waals surface area contributed by atoms with Gasteiger partial charge in [-0.2, -0.15) is 0 Å². The molecule has 2 heterocycles. The monoisotopic (exact) mass is 499 g/mol. The maximum atomic E-state index is 13.5. The van der Waals surface area contributed by atoms with Gasteiger partial charge in [-0.1, -0.05) is 47.2 Å². The van der Waals surface area contributed by atoms with Crippen molar-refractivity contribution in [2.24, 2.45) is 0 Å². The molecule has 1 aliphatic heterocycles. The van der Waals surface area contributed by atoms with Gasteiger partial charge in [0.2, 0.25) is 0 Å². The second-order valence-corrected chi connectivity index (χ2v) is 9.83. The van der Waals surface area contributed by atoms with Gasteiger partial charge in [0, 0.05) is 19.8 Å². The number of benzene rings is 3. The number of nitrogens with zero attached hydrogens (tertiary/aromatic N) is 3. The normalized spacial score (nSPS) is 17.1. The number of thiazole rings is 1. The summed E-state index contributed by atoms with van der Waals surface area (Å²) in [7, 11) is 5.37. The Hall–Kier alpha value is -4.17. The van der Waals surface area contributed by atoms with Crippen molar-refractivity contribution >= 4 is 49.8 Å². The minimum Gasteiger partial charge on any atom is -0.507 e. The molecule has 4 aromatic rings. The Kier molecular flexibility index (Phi) is 5.97. The van der Waals surface area contributed by atoms with Gasteiger partial charge in [-0.05, 0) is 48.9 Å². The van der Waals surface area contributed by atoms with Crippen LogP contribution in [0.2, 0.25) is 0 Å². The van der Waals surface area contributed by atoms with Gasteiger partial charge in [-0.3, -0.25) is 14.5 Å². The Labute approximate surface area is 212 Å². The molecule has 1 fully saturated rings. The Morgan fingerprint density at radius 3 is 2.44 bits per heavy atom. The highest BCUT2D eigenvalue weighted by molar-refractivity contribution is 7.22. The first kappa shape index (κ1) is 23.6. The number of rotatable bonds is 5. The zero-order valence-electron chi connectivity index (χ0n) is 20.4. The minimum atomic E-state index is -0.855. The van der Waals surface area contributed by atoms with E-state index in [-0.39, 0.29) is 11.3 Å². The number of carbonyl (C=O) groups excluding carboxylic acids is 2. The van der Waals surface area contributed by atoms with E-state index in [0.717, 1.165) is 21.5 Å². The molecule has 0 spiro atoms. The van der Waals surface area contributed by atoms with E-state index in [9.17, 15) is 14.7 Å². The highest BCUT2D eigenvalue weighted by atomic mass is 32.1. The molecule has 0 saturated carbocycles. The molecule has 5 rings (SSSR count). The molecule has 1 aromatic heterocycles. The zero-order valence-corrected chi connectivity index (χ0v) is 21.2. The maximum absolute atomic E-state index is 13.5. The van der Waals surface area contributed by atoms with Gasteiger partial charge in [0.05, 0.1) is 34.5 Å². The summed E-state index contributed by atoms with van der Waals surface area (Å²) in [4.78, 5) is 35.0. The fourth-order valence-corrected chi connectivity index (χ4v) is 5.41. The molecule has 1 N–H and O–H groups in total. The second kappa shape index (κ2) is 9.13. The smallest absolute Gasteiger partial charge is 0.301 e. The fraction of sp³-hybridized carbons (Fsp3) is 0.179. The summed E-state index contributed by atoms with van der Waals surface area (Å²) < 4.78 is 6.36. The molecular weight excluding hydrogens is 474 g/mol. The lowest BCUT2D eigenvalue weighted by atomic mass is 9.94. The fourth-order valence-electron chi connectivity index (χ4n) is 4.42. The number of anilines is 2. The van der Waals surface area contributed by atoms with Crippen LogP contribution in [0.4, 0.5) is 10.8 Å². The summed E-state index contributed by atoms with van der Waals surface area (Å²) in [6.07, 6.45) is 0. The topological polar surface area (TPSA) is 83.0 Å². The molecule has 0 bridgehead atoms. The summed E-state index contributed by atoms with van der Waals surface area (Å²) in [6.45, 7) is 1.88. The average molecular weight is 500 g/mol. The van der Waals surface area contributed by atoms with Gasteiger partial charge in [0.25, 0.3) is 5.78 Å². The van der Waals surface area contributed by atoms with Crippen molar-refractivity contribution in [2.75, 3.05) is 31.0 Å². The average Bonchev–Trinajstić information content (AvgIpc) is 3.42. The predicted molar refractivity (Wildman–Crippen MR) is 143 cm³/mol. The van der Waals surface area contributed by atoms with E-state index in [4.69, 9.17) is 4.74 Å². The molecule has 36 heavy (non-hydrogen) atoms. The van der Waals surface area contributed by atoms with Crippen LogP contribution in [-0.2, 0) is 9.59 Å². The number of hydrogen-bond donors (Lipinski definition) is 1. The highest BCUT2D eigenvalue weighted by Gasteiger charge is 2.48. The number of methoxy groups -OCH3 is 1. The Balaban J connectivity index is 1.75. The second-order valence-electron chi connectivity index (χ2n) is 8.82. The van der Waals surface area contributed by atoms with E-state index in [1.54, 1.807) is 12.1 Å². The number of ketones is 1. The number of aromatic nitrogens is 1. The number of aryl methyl sites for hydroxylation is 1.